The highest BCUT2D eigenvalue weighted by Gasteiger charge is 2.17. The Morgan fingerprint density at radius 2 is 1.96 bits per heavy atom. The third-order valence-electron chi connectivity index (χ3n) is 4.00. The number of halogens is 1. The first-order chi connectivity index (χ1) is 12.1. The summed E-state index contributed by atoms with van der Waals surface area (Å²) < 4.78 is 21.3. The van der Waals surface area contributed by atoms with Crippen LogP contribution in [-0.2, 0) is 13.1 Å². The fourth-order valence-corrected chi connectivity index (χ4v) is 2.75. The van der Waals surface area contributed by atoms with Gasteiger partial charge >= 0.3 is 5.69 Å². The van der Waals surface area contributed by atoms with Gasteiger partial charge in [-0.3, -0.25) is 13.9 Å². The Labute approximate surface area is 140 Å². The van der Waals surface area contributed by atoms with Gasteiger partial charge in [-0.25, -0.2) is 14.2 Å². The molecule has 0 fully saturated rings. The minimum Gasteiger partial charge on any atom is -0.472 e. The van der Waals surface area contributed by atoms with Gasteiger partial charge in [-0.1, -0.05) is 18.2 Å². The standard InChI is InChI=1S/C17H13FN4O3/c18-13-4-2-1-3-12(13)8-22-16(23)14-15(20-10-19-14)21(17(22)24)7-11-5-6-25-9-11/h1-6,9-10H,7-8H2,(H,19,20). The van der Waals surface area contributed by atoms with Crippen LogP contribution in [0.1, 0.15) is 11.1 Å². The topological polar surface area (TPSA) is 85.8 Å². The monoisotopic (exact) mass is 340 g/mol. The number of rotatable bonds is 4. The molecule has 0 radical (unpaired) electrons. The van der Waals surface area contributed by atoms with Crippen LogP contribution in [0.3, 0.4) is 0 Å². The van der Waals surface area contributed by atoms with E-state index < -0.39 is 17.1 Å². The molecule has 0 saturated heterocycles. The fraction of sp³-hybridized carbons (Fsp3) is 0.118. The van der Waals surface area contributed by atoms with E-state index in [9.17, 15) is 14.0 Å². The second-order valence-corrected chi connectivity index (χ2v) is 5.58. The molecule has 3 aromatic heterocycles. The molecule has 0 bridgehead atoms. The van der Waals surface area contributed by atoms with Crippen LogP contribution in [0.2, 0.25) is 0 Å². The van der Waals surface area contributed by atoms with Gasteiger partial charge < -0.3 is 9.40 Å². The van der Waals surface area contributed by atoms with Crippen LogP contribution in [0, 0.1) is 5.82 Å². The molecular weight excluding hydrogens is 327 g/mol. The predicted octanol–water partition coefficient (Wildman–Crippen LogP) is 1.72. The number of hydrogen-bond donors (Lipinski definition) is 1. The van der Waals surface area contributed by atoms with Crippen LogP contribution in [-0.4, -0.2) is 19.1 Å². The lowest BCUT2D eigenvalue weighted by atomic mass is 10.2. The van der Waals surface area contributed by atoms with Gasteiger partial charge in [-0.2, -0.15) is 0 Å². The molecule has 3 heterocycles. The Morgan fingerprint density at radius 1 is 1.12 bits per heavy atom. The molecular formula is C17H13FN4O3. The SMILES string of the molecule is O=c1c2[nH]cnc2n(Cc2ccoc2)c(=O)n1Cc1ccccc1F. The molecule has 4 rings (SSSR count). The average molecular weight is 340 g/mol. The molecule has 0 unspecified atom stereocenters. The summed E-state index contributed by atoms with van der Waals surface area (Å²) >= 11 is 0. The molecule has 0 saturated carbocycles. The van der Waals surface area contributed by atoms with Crippen LogP contribution in [0.4, 0.5) is 4.39 Å². The summed E-state index contributed by atoms with van der Waals surface area (Å²) in [6, 6.07) is 7.76. The lowest BCUT2D eigenvalue weighted by molar-refractivity contribution is 0.558. The molecule has 0 atom stereocenters. The van der Waals surface area contributed by atoms with E-state index >= 15 is 0 Å². The smallest absolute Gasteiger partial charge is 0.333 e. The third kappa shape index (κ3) is 2.57. The number of aromatic amines is 1. The van der Waals surface area contributed by atoms with E-state index in [-0.39, 0.29) is 29.8 Å². The van der Waals surface area contributed by atoms with Gasteiger partial charge in [0.15, 0.2) is 5.65 Å². The molecule has 1 N–H and O–H groups in total. The third-order valence-corrected chi connectivity index (χ3v) is 4.00. The van der Waals surface area contributed by atoms with Crippen molar-refractivity contribution >= 4 is 11.2 Å². The highest BCUT2D eigenvalue weighted by molar-refractivity contribution is 5.69. The summed E-state index contributed by atoms with van der Waals surface area (Å²) in [5.41, 5.74) is 0.358. The van der Waals surface area contributed by atoms with Gasteiger partial charge in [0.1, 0.15) is 11.3 Å². The molecule has 1 aromatic carbocycles. The quantitative estimate of drug-likeness (QED) is 0.613. The second kappa shape index (κ2) is 5.90. The highest BCUT2D eigenvalue weighted by Crippen LogP contribution is 2.10. The minimum atomic E-state index is -0.561. The molecule has 0 spiro atoms. The lowest BCUT2D eigenvalue weighted by Crippen LogP contribution is -2.40. The summed E-state index contributed by atoms with van der Waals surface area (Å²) in [7, 11) is 0. The number of benzene rings is 1. The number of aromatic nitrogens is 4. The number of hydrogen-bond acceptors (Lipinski definition) is 4. The van der Waals surface area contributed by atoms with Crippen molar-refractivity contribution in [3.63, 3.8) is 0 Å². The van der Waals surface area contributed by atoms with Crippen LogP contribution < -0.4 is 11.2 Å². The zero-order valence-corrected chi connectivity index (χ0v) is 13.0. The number of imidazole rings is 1. The Hall–Kier alpha value is -3.42. The number of nitrogens with one attached hydrogen (secondary N) is 1. The van der Waals surface area contributed by atoms with Crippen molar-refractivity contribution < 1.29 is 8.81 Å². The van der Waals surface area contributed by atoms with E-state index in [0.29, 0.717) is 0 Å². The van der Waals surface area contributed by atoms with Gasteiger partial charge in [-0.15, -0.1) is 0 Å². The summed E-state index contributed by atoms with van der Waals surface area (Å²) in [5.74, 6) is -0.472. The van der Waals surface area contributed by atoms with Crippen LogP contribution in [0.5, 0.6) is 0 Å². The number of nitrogens with zero attached hydrogens (tertiary/aromatic N) is 3. The first-order valence-electron chi connectivity index (χ1n) is 7.56. The molecule has 0 aliphatic rings. The van der Waals surface area contributed by atoms with E-state index in [2.05, 4.69) is 9.97 Å². The van der Waals surface area contributed by atoms with Crippen molar-refractivity contribution in [2.75, 3.05) is 0 Å². The Balaban J connectivity index is 1.91. The van der Waals surface area contributed by atoms with E-state index in [1.807, 2.05) is 0 Å². The maximum absolute atomic E-state index is 13.9. The van der Waals surface area contributed by atoms with Gasteiger partial charge in [0, 0.05) is 11.1 Å². The predicted molar refractivity (Wildman–Crippen MR) is 87.9 cm³/mol. The summed E-state index contributed by atoms with van der Waals surface area (Å²) in [5, 5.41) is 0. The average Bonchev–Trinajstić information content (AvgIpc) is 3.28. The number of fused-ring (bicyclic) bond motifs is 1. The first-order valence-corrected chi connectivity index (χ1v) is 7.56. The minimum absolute atomic E-state index is 0.162. The molecule has 0 amide bonds. The zero-order chi connectivity index (χ0) is 17.4. The summed E-state index contributed by atoms with van der Waals surface area (Å²) in [6.07, 6.45) is 4.36. The molecule has 0 aliphatic carbocycles. The van der Waals surface area contributed by atoms with Crippen molar-refractivity contribution in [3.05, 3.63) is 87.0 Å². The zero-order valence-electron chi connectivity index (χ0n) is 13.0. The summed E-state index contributed by atoms with van der Waals surface area (Å²) in [4.78, 5) is 32.3. The van der Waals surface area contributed by atoms with Gasteiger partial charge in [0.2, 0.25) is 0 Å². The van der Waals surface area contributed by atoms with E-state index in [1.165, 1.54) is 29.5 Å². The van der Waals surface area contributed by atoms with E-state index in [4.69, 9.17) is 4.42 Å². The maximum atomic E-state index is 13.9. The van der Waals surface area contributed by atoms with Crippen molar-refractivity contribution in [1.82, 2.24) is 19.1 Å². The normalized spacial score (nSPS) is 11.2. The lowest BCUT2D eigenvalue weighted by Gasteiger charge is -2.11. The van der Waals surface area contributed by atoms with Crippen LogP contribution >= 0.6 is 0 Å². The molecule has 7 nitrogen and oxygen atoms in total. The van der Waals surface area contributed by atoms with Crippen LogP contribution in [0.25, 0.3) is 11.2 Å². The fourth-order valence-electron chi connectivity index (χ4n) is 2.75. The largest absolute Gasteiger partial charge is 0.472 e. The van der Waals surface area contributed by atoms with Gasteiger partial charge in [0.05, 0.1) is 31.9 Å². The highest BCUT2D eigenvalue weighted by atomic mass is 19.1. The Morgan fingerprint density at radius 3 is 2.72 bits per heavy atom. The molecule has 25 heavy (non-hydrogen) atoms. The first kappa shape index (κ1) is 15.1. The van der Waals surface area contributed by atoms with Crippen molar-refractivity contribution in [2.24, 2.45) is 0 Å². The molecule has 4 aromatic rings. The number of furan rings is 1. The van der Waals surface area contributed by atoms with E-state index in [1.54, 1.807) is 24.3 Å². The Kier molecular flexibility index (Phi) is 3.57. The summed E-state index contributed by atoms with van der Waals surface area (Å²) in [6.45, 7) is 0.0267. The molecule has 8 heteroatoms. The van der Waals surface area contributed by atoms with Crippen LogP contribution in [0.15, 0.2) is 63.2 Å². The maximum Gasteiger partial charge on any atom is 0.333 e. The van der Waals surface area contributed by atoms with Crippen molar-refractivity contribution in [2.45, 2.75) is 13.1 Å². The van der Waals surface area contributed by atoms with Gasteiger partial charge in [-0.05, 0) is 12.1 Å². The van der Waals surface area contributed by atoms with Crippen molar-refractivity contribution in [1.29, 1.82) is 0 Å². The second-order valence-electron chi connectivity index (χ2n) is 5.58. The van der Waals surface area contributed by atoms with Crippen molar-refractivity contribution in [3.8, 4) is 0 Å². The van der Waals surface area contributed by atoms with E-state index in [0.717, 1.165) is 10.1 Å². The molecule has 126 valence electrons. The van der Waals surface area contributed by atoms with Gasteiger partial charge in [0.25, 0.3) is 5.56 Å². The Bertz CT molecular complexity index is 1150. The molecule has 0 aliphatic heterocycles. The number of H-pyrrole nitrogens is 1.